The first-order valence-corrected chi connectivity index (χ1v) is 6.92. The van der Waals surface area contributed by atoms with Gasteiger partial charge in [0.2, 0.25) is 0 Å². The van der Waals surface area contributed by atoms with E-state index in [2.05, 4.69) is 15.0 Å². The minimum atomic E-state index is -1.01. The molecule has 24 heavy (non-hydrogen) atoms. The summed E-state index contributed by atoms with van der Waals surface area (Å²) < 4.78 is 5.08. The molecular weight excluding hydrogens is 310 g/mol. The number of aliphatic carboxylic acids is 1. The molecule has 2 aromatic rings. The zero-order valence-electron chi connectivity index (χ0n) is 12.3. The van der Waals surface area contributed by atoms with Crippen molar-refractivity contribution < 1.29 is 19.4 Å². The number of aliphatic imine (C=N–C) groups is 1. The van der Waals surface area contributed by atoms with Crippen molar-refractivity contribution in [1.82, 2.24) is 9.97 Å². The Hall–Kier alpha value is -3.61. The van der Waals surface area contributed by atoms with Crippen molar-refractivity contribution >= 4 is 30.0 Å². The summed E-state index contributed by atoms with van der Waals surface area (Å²) in [5.41, 5.74) is 2.00. The number of aromatic nitrogens is 2. The highest BCUT2D eigenvalue weighted by atomic mass is 16.6. The molecule has 0 radical (unpaired) electrons. The predicted octanol–water partition coefficient (Wildman–Crippen LogP) is 1.92. The van der Waals surface area contributed by atoms with Gasteiger partial charge in [0.05, 0.1) is 6.20 Å². The lowest BCUT2D eigenvalue weighted by molar-refractivity contribution is -0.131. The van der Waals surface area contributed by atoms with Crippen LogP contribution in [0, 0.1) is 0 Å². The van der Waals surface area contributed by atoms with Gasteiger partial charge in [-0.2, -0.15) is 0 Å². The third-order valence-corrected chi connectivity index (χ3v) is 3.06. The van der Waals surface area contributed by atoms with Gasteiger partial charge in [0.1, 0.15) is 5.69 Å². The number of carboxylic acid groups (broad SMARTS) is 1. The lowest BCUT2D eigenvalue weighted by Crippen LogP contribution is -2.07. The van der Waals surface area contributed by atoms with E-state index < -0.39 is 11.9 Å². The van der Waals surface area contributed by atoms with E-state index in [-0.39, 0.29) is 11.6 Å². The van der Waals surface area contributed by atoms with E-state index in [4.69, 9.17) is 9.84 Å². The van der Waals surface area contributed by atoms with Crippen LogP contribution in [0.4, 0.5) is 0 Å². The number of cyclic esters (lactones) is 1. The Morgan fingerprint density at radius 1 is 1.12 bits per heavy atom. The van der Waals surface area contributed by atoms with Gasteiger partial charge in [-0.3, -0.25) is 4.98 Å². The number of hydrogen-bond acceptors (Lipinski definition) is 6. The average Bonchev–Trinajstić information content (AvgIpc) is 2.96. The van der Waals surface area contributed by atoms with Crippen LogP contribution in [0.2, 0.25) is 0 Å². The summed E-state index contributed by atoms with van der Waals surface area (Å²) in [5.74, 6) is -1.47. The summed E-state index contributed by atoms with van der Waals surface area (Å²) in [6.45, 7) is 0. The van der Waals surface area contributed by atoms with Crippen molar-refractivity contribution in [1.29, 1.82) is 0 Å². The molecule has 7 heteroatoms. The van der Waals surface area contributed by atoms with Gasteiger partial charge in [0, 0.05) is 18.5 Å². The van der Waals surface area contributed by atoms with Gasteiger partial charge in [0.25, 0.3) is 5.90 Å². The number of carbonyl (C=O) groups is 2. The highest BCUT2D eigenvalue weighted by molar-refractivity contribution is 6.12. The molecule has 0 bridgehead atoms. The molecule has 0 amide bonds. The van der Waals surface area contributed by atoms with Gasteiger partial charge in [0.15, 0.2) is 5.70 Å². The van der Waals surface area contributed by atoms with Crippen LogP contribution in [-0.2, 0) is 14.3 Å². The predicted molar refractivity (Wildman–Crippen MR) is 85.7 cm³/mol. The van der Waals surface area contributed by atoms with E-state index in [1.807, 2.05) is 0 Å². The molecule has 0 unspecified atom stereocenters. The maximum Gasteiger partial charge on any atom is 0.363 e. The quantitative estimate of drug-likeness (QED) is 0.682. The number of carbonyl (C=O) groups excluding carboxylic acids is 1. The Morgan fingerprint density at radius 3 is 2.54 bits per heavy atom. The van der Waals surface area contributed by atoms with Gasteiger partial charge in [-0.1, -0.05) is 24.3 Å². The monoisotopic (exact) mass is 321 g/mol. The molecule has 1 aliphatic rings. The van der Waals surface area contributed by atoms with Crippen LogP contribution in [0.25, 0.3) is 12.2 Å². The molecule has 0 saturated carbocycles. The molecule has 1 aliphatic heterocycles. The number of nitrogens with zero attached hydrogens (tertiary/aromatic N) is 3. The van der Waals surface area contributed by atoms with Gasteiger partial charge < -0.3 is 9.84 Å². The van der Waals surface area contributed by atoms with Crippen LogP contribution < -0.4 is 0 Å². The molecular formula is C17H11N3O4. The number of carboxylic acids is 1. The van der Waals surface area contributed by atoms with E-state index in [9.17, 15) is 9.59 Å². The number of rotatable bonds is 4. The Kier molecular flexibility index (Phi) is 4.24. The van der Waals surface area contributed by atoms with Crippen LogP contribution in [0.5, 0.6) is 0 Å². The molecule has 2 heterocycles. The Morgan fingerprint density at radius 2 is 1.88 bits per heavy atom. The molecule has 1 aromatic carbocycles. The molecule has 0 saturated heterocycles. The maximum atomic E-state index is 11.9. The van der Waals surface area contributed by atoms with Crippen LogP contribution in [0.15, 0.2) is 59.6 Å². The van der Waals surface area contributed by atoms with E-state index in [1.165, 1.54) is 24.7 Å². The highest BCUT2D eigenvalue weighted by Crippen LogP contribution is 2.18. The number of ether oxygens (including phenoxy) is 1. The number of benzene rings is 1. The van der Waals surface area contributed by atoms with E-state index in [1.54, 1.807) is 30.3 Å². The van der Waals surface area contributed by atoms with Crippen molar-refractivity contribution in [3.8, 4) is 0 Å². The maximum absolute atomic E-state index is 11.9. The molecule has 1 aromatic heterocycles. The zero-order chi connectivity index (χ0) is 16.9. The molecule has 118 valence electrons. The average molecular weight is 321 g/mol. The highest BCUT2D eigenvalue weighted by Gasteiger charge is 2.24. The Labute approximate surface area is 136 Å². The fourth-order valence-electron chi connectivity index (χ4n) is 1.96. The summed E-state index contributed by atoms with van der Waals surface area (Å²) in [5, 5.41) is 8.60. The molecule has 1 N–H and O–H groups in total. The lowest BCUT2D eigenvalue weighted by atomic mass is 10.1. The summed E-state index contributed by atoms with van der Waals surface area (Å²) in [7, 11) is 0. The Bertz CT molecular complexity index is 868. The van der Waals surface area contributed by atoms with Crippen molar-refractivity contribution in [2.75, 3.05) is 0 Å². The standard InChI is InChI=1S/C17H11N3O4/c21-15(22)6-5-11-1-3-12(4-2-11)9-13-17(23)24-16(20-13)14-10-18-7-8-19-14/h1-10H,(H,21,22)/b6-5+,13-9-. The van der Waals surface area contributed by atoms with Crippen LogP contribution in [0.3, 0.4) is 0 Å². The van der Waals surface area contributed by atoms with E-state index >= 15 is 0 Å². The summed E-state index contributed by atoms with van der Waals surface area (Å²) in [6.07, 6.45) is 8.57. The topological polar surface area (TPSA) is 102 Å². The van der Waals surface area contributed by atoms with Crippen molar-refractivity contribution in [3.63, 3.8) is 0 Å². The third kappa shape index (κ3) is 3.58. The number of esters is 1. The first-order chi connectivity index (χ1) is 11.6. The first-order valence-electron chi connectivity index (χ1n) is 6.92. The first kappa shape index (κ1) is 15.3. The summed E-state index contributed by atoms with van der Waals surface area (Å²) >= 11 is 0. The second-order valence-electron chi connectivity index (χ2n) is 4.76. The second kappa shape index (κ2) is 6.66. The normalized spacial score (nSPS) is 15.6. The molecule has 3 rings (SSSR count). The van der Waals surface area contributed by atoms with Gasteiger partial charge in [-0.05, 0) is 23.3 Å². The third-order valence-electron chi connectivity index (χ3n) is 3.06. The van der Waals surface area contributed by atoms with Crippen molar-refractivity contribution in [3.05, 3.63) is 71.4 Å². The molecule has 0 aliphatic carbocycles. The van der Waals surface area contributed by atoms with Crippen molar-refractivity contribution in [2.24, 2.45) is 4.99 Å². The minimum absolute atomic E-state index is 0.111. The van der Waals surface area contributed by atoms with Gasteiger partial charge >= 0.3 is 11.9 Å². The largest absolute Gasteiger partial charge is 0.478 e. The summed E-state index contributed by atoms with van der Waals surface area (Å²) in [4.78, 5) is 34.4. The smallest absolute Gasteiger partial charge is 0.363 e. The summed E-state index contributed by atoms with van der Waals surface area (Å²) in [6, 6.07) is 6.97. The van der Waals surface area contributed by atoms with Crippen LogP contribution >= 0.6 is 0 Å². The van der Waals surface area contributed by atoms with Crippen LogP contribution in [0.1, 0.15) is 16.8 Å². The lowest BCUT2D eigenvalue weighted by Gasteiger charge is -1.96. The number of hydrogen-bond donors (Lipinski definition) is 1. The van der Waals surface area contributed by atoms with Gasteiger partial charge in [-0.25, -0.2) is 19.6 Å². The van der Waals surface area contributed by atoms with E-state index in [0.717, 1.165) is 17.2 Å². The molecule has 0 fully saturated rings. The SMILES string of the molecule is O=C(O)/C=C/c1ccc(/C=C2\N=C(c3cnccn3)OC2=O)cc1. The zero-order valence-corrected chi connectivity index (χ0v) is 12.3. The molecule has 7 nitrogen and oxygen atoms in total. The van der Waals surface area contributed by atoms with Crippen molar-refractivity contribution in [2.45, 2.75) is 0 Å². The van der Waals surface area contributed by atoms with E-state index in [0.29, 0.717) is 5.69 Å². The fourth-order valence-corrected chi connectivity index (χ4v) is 1.96. The minimum Gasteiger partial charge on any atom is -0.478 e. The fraction of sp³-hybridized carbons (Fsp3) is 0. The molecule has 0 atom stereocenters. The van der Waals surface area contributed by atoms with Gasteiger partial charge in [-0.15, -0.1) is 0 Å². The second-order valence-corrected chi connectivity index (χ2v) is 4.76. The van der Waals surface area contributed by atoms with Crippen LogP contribution in [-0.4, -0.2) is 32.9 Å². The molecule has 0 spiro atoms. The Balaban J connectivity index is 1.82.